The number of hydrogen-bond acceptors (Lipinski definition) is 3. The Hall–Kier alpha value is -2.30. The smallest absolute Gasteiger partial charge is 0.227 e. The standard InChI is InChI=1S/C17H22N4O/c1-19-10-5-11-21(16-7-4-3-6-15(16)19)17(22)9-8-14-12-18-13-20(14)2/h3-4,6-7,12-13H,5,8-11H2,1-2H3. The van der Waals surface area contributed by atoms with Gasteiger partial charge in [-0.15, -0.1) is 0 Å². The van der Waals surface area contributed by atoms with Crippen LogP contribution < -0.4 is 9.80 Å². The summed E-state index contributed by atoms with van der Waals surface area (Å²) in [5, 5.41) is 0. The van der Waals surface area contributed by atoms with E-state index in [4.69, 9.17) is 0 Å². The molecule has 22 heavy (non-hydrogen) atoms. The van der Waals surface area contributed by atoms with E-state index >= 15 is 0 Å². The minimum atomic E-state index is 0.184. The van der Waals surface area contributed by atoms with Gasteiger partial charge in [0.25, 0.3) is 0 Å². The van der Waals surface area contributed by atoms with Crippen LogP contribution in [-0.2, 0) is 18.3 Å². The molecular formula is C17H22N4O. The SMILES string of the molecule is CN1CCCN(C(=O)CCc2cncn2C)c2ccccc21. The van der Waals surface area contributed by atoms with E-state index in [1.807, 2.05) is 40.9 Å². The molecule has 116 valence electrons. The molecule has 0 aliphatic carbocycles. The van der Waals surface area contributed by atoms with Crippen LogP contribution in [0.2, 0.25) is 0 Å². The molecule has 0 atom stereocenters. The number of fused-ring (bicyclic) bond motifs is 1. The van der Waals surface area contributed by atoms with Gasteiger partial charge in [0.1, 0.15) is 0 Å². The Morgan fingerprint density at radius 1 is 1.18 bits per heavy atom. The van der Waals surface area contributed by atoms with Crippen molar-refractivity contribution in [3.63, 3.8) is 0 Å². The van der Waals surface area contributed by atoms with E-state index in [1.54, 1.807) is 6.33 Å². The monoisotopic (exact) mass is 298 g/mol. The number of aryl methyl sites for hydroxylation is 2. The number of carbonyl (C=O) groups excluding carboxylic acids is 1. The molecule has 0 N–H and O–H groups in total. The summed E-state index contributed by atoms with van der Waals surface area (Å²) in [4.78, 5) is 21.0. The first-order chi connectivity index (χ1) is 10.7. The molecule has 0 bridgehead atoms. The first-order valence-corrected chi connectivity index (χ1v) is 7.72. The summed E-state index contributed by atoms with van der Waals surface area (Å²) in [6.45, 7) is 1.76. The number of aromatic nitrogens is 2. The second-order valence-corrected chi connectivity index (χ2v) is 5.81. The van der Waals surface area contributed by atoms with Crippen LogP contribution in [0.3, 0.4) is 0 Å². The molecule has 1 aliphatic rings. The van der Waals surface area contributed by atoms with Gasteiger partial charge in [-0.1, -0.05) is 12.1 Å². The average Bonchev–Trinajstić information content (AvgIpc) is 2.86. The number of nitrogens with zero attached hydrogens (tertiary/aromatic N) is 4. The van der Waals surface area contributed by atoms with Gasteiger partial charge in [-0.2, -0.15) is 0 Å². The van der Waals surface area contributed by atoms with Gasteiger partial charge >= 0.3 is 0 Å². The van der Waals surface area contributed by atoms with Crippen LogP contribution in [0, 0.1) is 0 Å². The molecule has 0 unspecified atom stereocenters. The van der Waals surface area contributed by atoms with Crippen LogP contribution in [0.4, 0.5) is 11.4 Å². The molecule has 1 aromatic carbocycles. The highest BCUT2D eigenvalue weighted by Crippen LogP contribution is 2.31. The number of imidazole rings is 1. The normalized spacial score (nSPS) is 14.6. The highest BCUT2D eigenvalue weighted by atomic mass is 16.2. The quantitative estimate of drug-likeness (QED) is 0.872. The van der Waals surface area contributed by atoms with Crippen molar-refractivity contribution in [3.8, 4) is 0 Å². The van der Waals surface area contributed by atoms with Gasteiger partial charge in [-0.05, 0) is 25.0 Å². The van der Waals surface area contributed by atoms with Gasteiger partial charge in [0.05, 0.1) is 17.7 Å². The van der Waals surface area contributed by atoms with Crippen LogP contribution in [0.5, 0.6) is 0 Å². The molecule has 5 nitrogen and oxygen atoms in total. The van der Waals surface area contributed by atoms with Crippen molar-refractivity contribution in [1.82, 2.24) is 9.55 Å². The van der Waals surface area contributed by atoms with Crippen LogP contribution in [0.25, 0.3) is 0 Å². The van der Waals surface area contributed by atoms with Crippen LogP contribution in [-0.4, -0.2) is 35.6 Å². The molecule has 0 saturated heterocycles. The molecule has 1 amide bonds. The molecule has 0 fully saturated rings. The zero-order valence-corrected chi connectivity index (χ0v) is 13.2. The number of carbonyl (C=O) groups is 1. The lowest BCUT2D eigenvalue weighted by molar-refractivity contribution is -0.118. The molecule has 0 radical (unpaired) electrons. The van der Waals surface area contributed by atoms with Gasteiger partial charge in [0.2, 0.25) is 5.91 Å². The number of benzene rings is 1. The topological polar surface area (TPSA) is 41.4 Å². The Morgan fingerprint density at radius 2 is 1.95 bits per heavy atom. The second kappa shape index (κ2) is 6.22. The van der Waals surface area contributed by atoms with Crippen LogP contribution >= 0.6 is 0 Å². The van der Waals surface area contributed by atoms with E-state index in [0.29, 0.717) is 6.42 Å². The minimum Gasteiger partial charge on any atom is -0.373 e. The second-order valence-electron chi connectivity index (χ2n) is 5.81. The number of amides is 1. The van der Waals surface area contributed by atoms with Gasteiger partial charge < -0.3 is 14.4 Å². The van der Waals surface area contributed by atoms with E-state index in [-0.39, 0.29) is 5.91 Å². The zero-order chi connectivity index (χ0) is 15.5. The molecule has 2 heterocycles. The van der Waals surface area contributed by atoms with Gasteiger partial charge in [-0.3, -0.25) is 4.79 Å². The predicted molar refractivity (Wildman–Crippen MR) is 88.2 cm³/mol. The van der Waals surface area contributed by atoms with Crippen molar-refractivity contribution in [2.45, 2.75) is 19.3 Å². The third kappa shape index (κ3) is 2.84. The lowest BCUT2D eigenvalue weighted by Gasteiger charge is -2.24. The maximum atomic E-state index is 12.7. The summed E-state index contributed by atoms with van der Waals surface area (Å²) in [7, 11) is 4.05. The lowest BCUT2D eigenvalue weighted by atomic mass is 10.2. The minimum absolute atomic E-state index is 0.184. The van der Waals surface area contributed by atoms with Gasteiger partial charge in [0, 0.05) is 45.5 Å². The molecule has 2 aromatic rings. The summed E-state index contributed by atoms with van der Waals surface area (Å²) < 4.78 is 1.97. The summed E-state index contributed by atoms with van der Waals surface area (Å²) in [5.74, 6) is 0.184. The molecule has 3 rings (SSSR count). The average molecular weight is 298 g/mol. The summed E-state index contributed by atoms with van der Waals surface area (Å²) >= 11 is 0. The van der Waals surface area contributed by atoms with Crippen LogP contribution in [0.1, 0.15) is 18.5 Å². The molecular weight excluding hydrogens is 276 g/mol. The Bertz CT molecular complexity index is 664. The Balaban J connectivity index is 1.77. The van der Waals surface area contributed by atoms with E-state index in [2.05, 4.69) is 23.0 Å². The van der Waals surface area contributed by atoms with Crippen molar-refractivity contribution in [2.75, 3.05) is 29.9 Å². The van der Waals surface area contributed by atoms with Gasteiger partial charge in [0.15, 0.2) is 0 Å². The first kappa shape index (κ1) is 14.6. The van der Waals surface area contributed by atoms with Crippen molar-refractivity contribution < 1.29 is 4.79 Å². The number of hydrogen-bond donors (Lipinski definition) is 0. The fourth-order valence-electron chi connectivity index (χ4n) is 2.98. The van der Waals surface area contributed by atoms with E-state index < -0.39 is 0 Å². The zero-order valence-electron chi connectivity index (χ0n) is 13.2. The number of anilines is 2. The van der Waals surface area contributed by atoms with E-state index in [0.717, 1.165) is 43.0 Å². The van der Waals surface area contributed by atoms with Crippen molar-refractivity contribution in [3.05, 3.63) is 42.5 Å². The Labute approximate surface area is 131 Å². The number of rotatable bonds is 3. The first-order valence-electron chi connectivity index (χ1n) is 7.72. The molecule has 5 heteroatoms. The number of para-hydroxylation sites is 2. The largest absolute Gasteiger partial charge is 0.373 e. The molecule has 0 saturated carbocycles. The maximum absolute atomic E-state index is 12.7. The highest BCUT2D eigenvalue weighted by Gasteiger charge is 2.22. The maximum Gasteiger partial charge on any atom is 0.227 e. The fourth-order valence-corrected chi connectivity index (χ4v) is 2.98. The van der Waals surface area contributed by atoms with Crippen molar-refractivity contribution in [1.29, 1.82) is 0 Å². The van der Waals surface area contributed by atoms with Gasteiger partial charge in [-0.25, -0.2) is 4.98 Å². The lowest BCUT2D eigenvalue weighted by Crippen LogP contribution is -2.31. The molecule has 1 aromatic heterocycles. The third-order valence-electron chi connectivity index (χ3n) is 4.27. The van der Waals surface area contributed by atoms with Crippen molar-refractivity contribution >= 4 is 17.3 Å². The molecule has 1 aliphatic heterocycles. The van der Waals surface area contributed by atoms with E-state index in [9.17, 15) is 4.79 Å². The Kier molecular flexibility index (Phi) is 4.13. The summed E-state index contributed by atoms with van der Waals surface area (Å²) in [6, 6.07) is 8.15. The molecule has 0 spiro atoms. The summed E-state index contributed by atoms with van der Waals surface area (Å²) in [6.07, 6.45) is 5.83. The van der Waals surface area contributed by atoms with E-state index in [1.165, 1.54) is 0 Å². The summed E-state index contributed by atoms with van der Waals surface area (Å²) in [5.41, 5.74) is 3.25. The van der Waals surface area contributed by atoms with Crippen molar-refractivity contribution in [2.24, 2.45) is 7.05 Å². The predicted octanol–water partition coefficient (Wildman–Crippen LogP) is 2.23. The third-order valence-corrected chi connectivity index (χ3v) is 4.27. The Morgan fingerprint density at radius 3 is 2.68 bits per heavy atom. The van der Waals surface area contributed by atoms with Crippen LogP contribution in [0.15, 0.2) is 36.8 Å². The highest BCUT2D eigenvalue weighted by molar-refractivity contribution is 5.97. The fraction of sp³-hybridized carbons (Fsp3) is 0.412.